The molecule has 1 atom stereocenters. The lowest BCUT2D eigenvalue weighted by Crippen LogP contribution is -1.92. The minimum atomic E-state index is -2.21. The third-order valence-corrected chi connectivity index (χ3v) is 3.36. The Labute approximate surface area is 107 Å². The van der Waals surface area contributed by atoms with Gasteiger partial charge in [-0.1, -0.05) is 30.3 Å². The Morgan fingerprint density at radius 3 is 2.33 bits per heavy atom. The van der Waals surface area contributed by atoms with Gasteiger partial charge in [0.2, 0.25) is 0 Å². The second-order valence-electron chi connectivity index (χ2n) is 3.92. The fraction of sp³-hybridized carbons (Fsp3) is 0.143. The molecular weight excluding hydrogens is 247 g/mol. The Balaban J connectivity index is 2.06. The van der Waals surface area contributed by atoms with Crippen molar-refractivity contribution in [1.29, 1.82) is 0 Å². The lowest BCUT2D eigenvalue weighted by Gasteiger charge is -2.01. The number of benzene rings is 2. The van der Waals surface area contributed by atoms with Gasteiger partial charge in [-0.25, -0.2) is 9.05 Å². The van der Waals surface area contributed by atoms with E-state index in [2.05, 4.69) is 0 Å². The molecule has 0 spiro atoms. The zero-order valence-corrected chi connectivity index (χ0v) is 11.2. The van der Waals surface area contributed by atoms with Gasteiger partial charge in [0, 0.05) is 10.1 Å². The first-order chi connectivity index (χ1) is 8.66. The maximum absolute atomic E-state index is 11.7. The van der Waals surface area contributed by atoms with E-state index in [0.29, 0.717) is 11.5 Å². The molecule has 3 nitrogen and oxygen atoms in total. The molecule has 92 valence electrons. The molecule has 1 unspecified atom stereocenters. The van der Waals surface area contributed by atoms with Gasteiger partial charge in [-0.05, 0) is 37.6 Å². The highest BCUT2D eigenvalue weighted by molar-refractivity contribution is 7.34. The van der Waals surface area contributed by atoms with E-state index < -0.39 is 8.25 Å². The summed E-state index contributed by atoms with van der Waals surface area (Å²) < 4.78 is 22.3. The van der Waals surface area contributed by atoms with Crippen LogP contribution >= 0.6 is 8.25 Å². The highest BCUT2D eigenvalue weighted by Gasteiger charge is 2.25. The molecule has 0 aliphatic carbocycles. The highest BCUT2D eigenvalue weighted by atomic mass is 31.1. The van der Waals surface area contributed by atoms with Crippen molar-refractivity contribution in [3.8, 4) is 11.5 Å². The molecule has 0 aromatic heterocycles. The summed E-state index contributed by atoms with van der Waals surface area (Å²) in [4.78, 5) is 0. The summed E-state index contributed by atoms with van der Waals surface area (Å²) in [5.41, 5.74) is 2.06. The van der Waals surface area contributed by atoms with Crippen molar-refractivity contribution >= 4 is 8.25 Å². The van der Waals surface area contributed by atoms with Gasteiger partial charge in [0.05, 0.1) is 0 Å². The monoisotopic (exact) mass is 261 g/mol. The maximum atomic E-state index is 11.7. The molecule has 0 aliphatic rings. The Kier molecular flexibility index (Phi) is 3.96. The molecule has 2 aromatic carbocycles. The quantitative estimate of drug-likeness (QED) is 0.764. The summed E-state index contributed by atoms with van der Waals surface area (Å²) in [6.45, 7) is 3.91. The fourth-order valence-corrected chi connectivity index (χ4v) is 2.18. The molecule has 0 saturated heterocycles. The van der Waals surface area contributed by atoms with Crippen molar-refractivity contribution in [3.63, 3.8) is 0 Å². The van der Waals surface area contributed by atoms with E-state index in [-0.39, 0.29) is 0 Å². The van der Waals surface area contributed by atoms with Crippen molar-refractivity contribution in [2.24, 2.45) is 0 Å². The van der Waals surface area contributed by atoms with Crippen LogP contribution in [0.4, 0.5) is 0 Å². The molecule has 0 saturated carbocycles. The minimum Gasteiger partial charge on any atom is -0.222 e. The van der Waals surface area contributed by atoms with E-state index in [1.165, 1.54) is 0 Å². The second-order valence-corrected chi connectivity index (χ2v) is 4.73. The van der Waals surface area contributed by atoms with Crippen LogP contribution in [0.15, 0.2) is 48.5 Å². The van der Waals surface area contributed by atoms with Crippen molar-refractivity contribution in [1.82, 2.24) is 0 Å². The Morgan fingerprint density at radius 1 is 0.889 bits per heavy atom. The Hall–Kier alpha value is -1.86. The van der Waals surface area contributed by atoms with Gasteiger partial charge in [-0.2, -0.15) is 0 Å². The molecule has 0 radical (unpaired) electrons. The fourth-order valence-electron chi connectivity index (χ4n) is 1.49. The number of para-hydroxylation sites is 1. The molecule has 0 aliphatic heterocycles. The normalized spacial score (nSPS) is 10.9. The largest absolute Gasteiger partial charge is 0.805 e. The van der Waals surface area contributed by atoms with Crippen LogP contribution in [0, 0.1) is 13.8 Å². The van der Waals surface area contributed by atoms with Crippen molar-refractivity contribution < 1.29 is 13.6 Å². The lowest BCUT2D eigenvalue weighted by molar-refractivity contribution is 0.414. The topological polar surface area (TPSA) is 35.5 Å². The molecule has 0 N–H and O–H groups in total. The lowest BCUT2D eigenvalue weighted by atomic mass is 10.1. The van der Waals surface area contributed by atoms with Gasteiger partial charge in [-0.15, -0.1) is 0 Å². The van der Waals surface area contributed by atoms with E-state index in [1.807, 2.05) is 44.2 Å². The highest BCUT2D eigenvalue weighted by Crippen LogP contribution is 2.32. The molecule has 2 rings (SSSR count). The standard InChI is InChI=1S/C14H14O3P/c1-11-7-6-10-14(12(11)2)17-18(15)16-13-8-4-3-5-9-13/h3-10H,1-2H3/q+1. The zero-order chi connectivity index (χ0) is 13.0. The summed E-state index contributed by atoms with van der Waals surface area (Å²) in [6.07, 6.45) is 0. The number of hydrogen-bond acceptors (Lipinski definition) is 3. The molecule has 18 heavy (non-hydrogen) atoms. The molecular formula is C14H14O3P+. The van der Waals surface area contributed by atoms with Crippen molar-refractivity contribution in [3.05, 3.63) is 59.7 Å². The van der Waals surface area contributed by atoms with Crippen LogP contribution in [0.5, 0.6) is 11.5 Å². The first-order valence-corrected chi connectivity index (χ1v) is 6.71. The van der Waals surface area contributed by atoms with Crippen LogP contribution in [-0.2, 0) is 4.57 Å². The van der Waals surface area contributed by atoms with Gasteiger partial charge in [0.1, 0.15) is 0 Å². The first-order valence-electron chi connectivity index (χ1n) is 5.61. The summed E-state index contributed by atoms with van der Waals surface area (Å²) in [5, 5.41) is 0. The summed E-state index contributed by atoms with van der Waals surface area (Å²) >= 11 is 0. The average Bonchev–Trinajstić information content (AvgIpc) is 2.36. The van der Waals surface area contributed by atoms with Gasteiger partial charge in [0.15, 0.2) is 11.5 Å². The van der Waals surface area contributed by atoms with E-state index in [9.17, 15) is 4.57 Å². The van der Waals surface area contributed by atoms with Crippen LogP contribution in [0.25, 0.3) is 0 Å². The molecule has 0 heterocycles. The third kappa shape index (κ3) is 3.08. The van der Waals surface area contributed by atoms with Gasteiger partial charge in [-0.3, -0.25) is 0 Å². The van der Waals surface area contributed by atoms with Crippen LogP contribution in [-0.4, -0.2) is 0 Å². The Bertz CT molecular complexity index is 552. The number of hydrogen-bond donors (Lipinski definition) is 0. The van der Waals surface area contributed by atoms with Crippen LogP contribution in [0.3, 0.4) is 0 Å². The summed E-state index contributed by atoms with van der Waals surface area (Å²) in [6, 6.07) is 14.6. The average molecular weight is 261 g/mol. The molecule has 4 heteroatoms. The second kappa shape index (κ2) is 5.65. The van der Waals surface area contributed by atoms with Crippen LogP contribution in [0.2, 0.25) is 0 Å². The zero-order valence-electron chi connectivity index (χ0n) is 10.3. The SMILES string of the molecule is Cc1cccc(O[P+](=O)Oc2ccccc2)c1C. The number of aryl methyl sites for hydroxylation is 1. The molecule has 2 aromatic rings. The predicted molar refractivity (Wildman–Crippen MR) is 71.2 cm³/mol. The van der Waals surface area contributed by atoms with E-state index >= 15 is 0 Å². The van der Waals surface area contributed by atoms with E-state index in [4.69, 9.17) is 9.05 Å². The minimum absolute atomic E-state index is 0.531. The van der Waals surface area contributed by atoms with Crippen molar-refractivity contribution in [2.75, 3.05) is 0 Å². The molecule has 0 bridgehead atoms. The van der Waals surface area contributed by atoms with Gasteiger partial charge >= 0.3 is 8.25 Å². The third-order valence-electron chi connectivity index (χ3n) is 2.65. The summed E-state index contributed by atoms with van der Waals surface area (Å²) in [7, 11) is -2.21. The summed E-state index contributed by atoms with van der Waals surface area (Å²) in [5.74, 6) is 1.12. The molecule has 0 fully saturated rings. The first kappa shape index (κ1) is 12.6. The van der Waals surface area contributed by atoms with E-state index in [0.717, 1.165) is 11.1 Å². The number of rotatable bonds is 4. The van der Waals surface area contributed by atoms with Gasteiger partial charge < -0.3 is 0 Å². The van der Waals surface area contributed by atoms with Crippen LogP contribution in [0.1, 0.15) is 11.1 Å². The molecule has 0 amide bonds. The maximum Gasteiger partial charge on any atom is 0.805 e. The predicted octanol–water partition coefficient (Wildman–Crippen LogP) is 4.42. The van der Waals surface area contributed by atoms with Crippen molar-refractivity contribution in [2.45, 2.75) is 13.8 Å². The van der Waals surface area contributed by atoms with Gasteiger partial charge in [0.25, 0.3) is 0 Å². The van der Waals surface area contributed by atoms with Crippen LogP contribution < -0.4 is 9.05 Å². The smallest absolute Gasteiger partial charge is 0.222 e. The van der Waals surface area contributed by atoms with E-state index in [1.54, 1.807) is 18.2 Å². The Morgan fingerprint density at radius 2 is 1.61 bits per heavy atom.